The number of unbranched alkanes of at least 4 members (excludes halogenated alkanes) is 3. The van der Waals surface area contributed by atoms with Crippen LogP contribution in [0, 0.1) is 11.8 Å². The largest absolute Gasteiger partial charge is 0.481 e. The zero-order chi connectivity index (χ0) is 22.6. The number of hydrogen-bond donors (Lipinski definition) is 1. The van der Waals surface area contributed by atoms with Crippen LogP contribution in [0.25, 0.3) is 0 Å². The van der Waals surface area contributed by atoms with Crippen LogP contribution < -0.4 is 0 Å². The second-order valence-electron chi connectivity index (χ2n) is 9.83. The van der Waals surface area contributed by atoms with Gasteiger partial charge in [0.15, 0.2) is 5.76 Å². The van der Waals surface area contributed by atoms with Crippen LogP contribution in [-0.2, 0) is 23.1 Å². The number of fused-ring (bicyclic) bond motifs is 1. The van der Waals surface area contributed by atoms with E-state index in [9.17, 15) is 4.79 Å². The molecule has 0 amide bonds. The number of hydrogen-bond acceptors (Lipinski definition) is 3. The molecule has 0 bridgehead atoms. The van der Waals surface area contributed by atoms with E-state index in [0.717, 1.165) is 18.4 Å². The normalized spacial score (nSPS) is 16.3. The molecular formula is C27H34O3S. The summed E-state index contributed by atoms with van der Waals surface area (Å²) >= 11 is 1.98. The van der Waals surface area contributed by atoms with Crippen molar-refractivity contribution >= 4 is 17.7 Å². The molecule has 31 heavy (non-hydrogen) atoms. The summed E-state index contributed by atoms with van der Waals surface area (Å²) < 4.78 is 5.81. The first-order valence-corrected chi connectivity index (χ1v) is 12.1. The van der Waals surface area contributed by atoms with Crippen molar-refractivity contribution in [2.75, 3.05) is 0 Å². The van der Waals surface area contributed by atoms with Crippen molar-refractivity contribution in [1.82, 2.24) is 0 Å². The first kappa shape index (κ1) is 23.5. The molecular weight excluding hydrogens is 404 g/mol. The van der Waals surface area contributed by atoms with Crippen molar-refractivity contribution in [3.8, 4) is 11.8 Å². The Hall–Kier alpha value is -2.12. The molecule has 1 aliphatic rings. The lowest BCUT2D eigenvalue weighted by molar-refractivity contribution is -0.136. The van der Waals surface area contributed by atoms with Gasteiger partial charge in [-0.2, -0.15) is 0 Å². The molecule has 1 aliphatic heterocycles. The third-order valence-electron chi connectivity index (χ3n) is 5.80. The zero-order valence-corrected chi connectivity index (χ0v) is 20.2. The van der Waals surface area contributed by atoms with E-state index in [1.54, 1.807) is 12.1 Å². The van der Waals surface area contributed by atoms with Gasteiger partial charge in [0, 0.05) is 15.2 Å². The number of aryl methyl sites for hydroxylation is 1. The zero-order valence-electron chi connectivity index (χ0n) is 19.4. The highest BCUT2D eigenvalue weighted by atomic mass is 32.2. The van der Waals surface area contributed by atoms with Crippen LogP contribution in [0.2, 0.25) is 0 Å². The van der Waals surface area contributed by atoms with Crippen LogP contribution >= 0.6 is 11.8 Å². The number of furan rings is 1. The van der Waals surface area contributed by atoms with Gasteiger partial charge < -0.3 is 9.52 Å². The molecule has 2 aromatic rings. The molecule has 0 radical (unpaired) electrons. The van der Waals surface area contributed by atoms with Crippen molar-refractivity contribution in [2.45, 2.75) is 94.6 Å². The molecule has 0 fully saturated rings. The Bertz CT molecular complexity index is 1000. The minimum absolute atomic E-state index is 0.0978. The van der Waals surface area contributed by atoms with E-state index >= 15 is 0 Å². The Kier molecular flexibility index (Phi) is 7.27. The summed E-state index contributed by atoms with van der Waals surface area (Å²) in [5.74, 6) is 6.52. The molecule has 0 saturated carbocycles. The van der Waals surface area contributed by atoms with Crippen molar-refractivity contribution in [1.29, 1.82) is 0 Å². The maximum Gasteiger partial charge on any atom is 0.311 e. The van der Waals surface area contributed by atoms with Gasteiger partial charge in [0.2, 0.25) is 0 Å². The standard InChI is InChI=1S/C27H34O3S/c1-6-7-8-9-10-19-16-24-23(26(2,3)18-27(4,5)31-24)15-20(19)11-12-21-13-14-22(30-21)17-25(28)29/h13-16H,6-10,17-18H2,1-5H3,(H,28,29). The summed E-state index contributed by atoms with van der Waals surface area (Å²) in [6, 6.07) is 8.11. The predicted molar refractivity (Wildman–Crippen MR) is 128 cm³/mol. The Morgan fingerprint density at radius 1 is 1.13 bits per heavy atom. The molecule has 0 aliphatic carbocycles. The van der Waals surface area contributed by atoms with Gasteiger partial charge in [0.25, 0.3) is 0 Å². The van der Waals surface area contributed by atoms with Gasteiger partial charge in [-0.1, -0.05) is 59.8 Å². The molecule has 2 heterocycles. The first-order valence-electron chi connectivity index (χ1n) is 11.3. The fourth-order valence-electron chi connectivity index (χ4n) is 4.61. The number of thioether (sulfide) groups is 1. The van der Waals surface area contributed by atoms with Crippen molar-refractivity contribution in [2.24, 2.45) is 0 Å². The van der Waals surface area contributed by atoms with Gasteiger partial charge in [-0.15, -0.1) is 11.8 Å². The van der Waals surface area contributed by atoms with E-state index in [1.165, 1.54) is 41.7 Å². The smallest absolute Gasteiger partial charge is 0.311 e. The van der Waals surface area contributed by atoms with Crippen LogP contribution in [-0.4, -0.2) is 15.8 Å². The number of carboxylic acid groups (broad SMARTS) is 1. The van der Waals surface area contributed by atoms with Crippen LogP contribution in [0.15, 0.2) is 33.6 Å². The fraction of sp³-hybridized carbons (Fsp3) is 0.519. The summed E-state index contributed by atoms with van der Waals surface area (Å²) in [5, 5.41) is 8.94. The molecule has 4 heteroatoms. The van der Waals surface area contributed by atoms with Gasteiger partial charge in [-0.25, -0.2) is 0 Å². The summed E-state index contributed by atoms with van der Waals surface area (Å²) in [6.07, 6.45) is 6.93. The van der Waals surface area contributed by atoms with Crippen LogP contribution in [0.4, 0.5) is 0 Å². The monoisotopic (exact) mass is 438 g/mol. The Morgan fingerprint density at radius 3 is 2.61 bits per heavy atom. The highest BCUT2D eigenvalue weighted by Gasteiger charge is 2.38. The summed E-state index contributed by atoms with van der Waals surface area (Å²) in [5.41, 5.74) is 3.85. The SMILES string of the molecule is CCCCCCc1cc2c(cc1C#Cc1ccc(CC(=O)O)o1)C(C)(C)CC(C)(C)S2. The van der Waals surface area contributed by atoms with Crippen molar-refractivity contribution < 1.29 is 14.3 Å². The van der Waals surface area contributed by atoms with Crippen molar-refractivity contribution in [3.63, 3.8) is 0 Å². The number of carboxylic acids is 1. The van der Waals surface area contributed by atoms with Gasteiger partial charge in [-0.05, 0) is 66.0 Å². The van der Waals surface area contributed by atoms with Crippen LogP contribution in [0.3, 0.4) is 0 Å². The molecule has 0 spiro atoms. The lowest BCUT2D eigenvalue weighted by atomic mass is 9.76. The van der Waals surface area contributed by atoms with Gasteiger partial charge in [0.1, 0.15) is 12.2 Å². The average Bonchev–Trinajstić information content (AvgIpc) is 3.08. The van der Waals surface area contributed by atoms with E-state index < -0.39 is 5.97 Å². The highest BCUT2D eigenvalue weighted by Crippen LogP contribution is 2.51. The second-order valence-corrected chi connectivity index (χ2v) is 11.6. The molecule has 0 saturated heterocycles. The molecule has 3 rings (SSSR count). The minimum atomic E-state index is -0.902. The number of benzene rings is 1. The Balaban J connectivity index is 1.96. The summed E-state index contributed by atoms with van der Waals surface area (Å²) in [6.45, 7) is 11.6. The maximum absolute atomic E-state index is 10.9. The van der Waals surface area contributed by atoms with Crippen molar-refractivity contribution in [3.05, 3.63) is 52.5 Å². The third kappa shape index (κ3) is 6.20. The third-order valence-corrected chi connectivity index (χ3v) is 7.05. The summed E-state index contributed by atoms with van der Waals surface area (Å²) in [4.78, 5) is 12.3. The molecule has 1 N–H and O–H groups in total. The highest BCUT2D eigenvalue weighted by molar-refractivity contribution is 8.00. The van der Waals surface area contributed by atoms with E-state index in [0.29, 0.717) is 11.5 Å². The van der Waals surface area contributed by atoms with E-state index in [-0.39, 0.29) is 16.6 Å². The molecule has 166 valence electrons. The number of carbonyl (C=O) groups is 1. The second kappa shape index (κ2) is 9.57. The molecule has 1 aromatic carbocycles. The van der Waals surface area contributed by atoms with Gasteiger partial charge >= 0.3 is 5.97 Å². The molecule has 3 nitrogen and oxygen atoms in total. The molecule has 0 unspecified atom stereocenters. The number of rotatable bonds is 7. The quantitative estimate of drug-likeness (QED) is 0.374. The van der Waals surface area contributed by atoms with Crippen LogP contribution in [0.5, 0.6) is 0 Å². The Labute approximate surface area is 191 Å². The lowest BCUT2D eigenvalue weighted by Gasteiger charge is -2.42. The number of aliphatic carboxylic acids is 1. The van der Waals surface area contributed by atoms with Gasteiger partial charge in [0.05, 0.1) is 0 Å². The predicted octanol–water partition coefficient (Wildman–Crippen LogP) is 6.98. The average molecular weight is 439 g/mol. The lowest BCUT2D eigenvalue weighted by Crippen LogP contribution is -2.33. The first-order chi connectivity index (χ1) is 14.6. The van der Waals surface area contributed by atoms with Gasteiger partial charge in [-0.3, -0.25) is 4.79 Å². The Morgan fingerprint density at radius 2 is 1.90 bits per heavy atom. The summed E-state index contributed by atoms with van der Waals surface area (Å²) in [7, 11) is 0. The van der Waals surface area contributed by atoms with E-state index in [1.807, 2.05) is 11.8 Å². The van der Waals surface area contributed by atoms with E-state index in [2.05, 4.69) is 58.6 Å². The fourth-order valence-corrected chi connectivity index (χ4v) is 6.29. The topological polar surface area (TPSA) is 50.4 Å². The molecule has 1 aromatic heterocycles. The minimum Gasteiger partial charge on any atom is -0.481 e. The molecule has 0 atom stereocenters. The van der Waals surface area contributed by atoms with E-state index in [4.69, 9.17) is 9.52 Å². The maximum atomic E-state index is 10.9. The van der Waals surface area contributed by atoms with Crippen LogP contribution in [0.1, 0.15) is 94.9 Å².